The summed E-state index contributed by atoms with van der Waals surface area (Å²) in [7, 11) is 0. The summed E-state index contributed by atoms with van der Waals surface area (Å²) >= 11 is 6.27. The average molecular weight is 412 g/mol. The minimum absolute atomic E-state index is 0.0535. The van der Waals surface area contributed by atoms with Crippen molar-refractivity contribution in [2.75, 3.05) is 25.0 Å². The van der Waals surface area contributed by atoms with E-state index >= 15 is 0 Å². The van der Waals surface area contributed by atoms with E-state index in [1.807, 2.05) is 0 Å². The number of nitrogens with one attached hydrogen (secondary N) is 2. The van der Waals surface area contributed by atoms with E-state index in [4.69, 9.17) is 16.7 Å². The minimum Gasteiger partial charge on any atom is -0.396 e. The first kappa shape index (κ1) is 20.7. The van der Waals surface area contributed by atoms with Gasteiger partial charge in [-0.2, -0.15) is 0 Å². The Morgan fingerprint density at radius 1 is 1.25 bits per heavy atom. The second-order valence-corrected chi connectivity index (χ2v) is 7.61. The molecule has 0 saturated heterocycles. The van der Waals surface area contributed by atoms with Crippen LogP contribution in [0.1, 0.15) is 42.5 Å². The van der Waals surface area contributed by atoms with Gasteiger partial charge in [-0.25, -0.2) is 13.8 Å². The number of aliphatic hydroxyl groups excluding tert-OH is 1. The molecule has 0 bridgehead atoms. The summed E-state index contributed by atoms with van der Waals surface area (Å²) < 4.78 is 26.5. The zero-order chi connectivity index (χ0) is 20.1. The fourth-order valence-electron chi connectivity index (χ4n) is 3.43. The van der Waals surface area contributed by atoms with Crippen molar-refractivity contribution in [1.82, 2.24) is 10.3 Å². The largest absolute Gasteiger partial charge is 0.396 e. The van der Waals surface area contributed by atoms with E-state index in [1.165, 1.54) is 0 Å². The highest BCUT2D eigenvalue weighted by atomic mass is 35.5. The molecular weight excluding hydrogens is 388 g/mol. The van der Waals surface area contributed by atoms with Gasteiger partial charge in [0.1, 0.15) is 5.82 Å². The first-order valence-corrected chi connectivity index (χ1v) is 9.87. The Balaban J connectivity index is 1.70. The molecule has 1 heterocycles. The van der Waals surface area contributed by atoms with Crippen LogP contribution in [0.4, 0.5) is 14.6 Å². The van der Waals surface area contributed by atoms with Crippen LogP contribution in [0.3, 0.4) is 0 Å². The molecule has 1 aliphatic carbocycles. The van der Waals surface area contributed by atoms with Crippen molar-refractivity contribution in [3.63, 3.8) is 0 Å². The first-order valence-electron chi connectivity index (χ1n) is 9.49. The van der Waals surface area contributed by atoms with Crippen LogP contribution in [0.5, 0.6) is 0 Å². The van der Waals surface area contributed by atoms with Crippen LogP contribution >= 0.6 is 11.6 Å². The average Bonchev–Trinajstić information content (AvgIpc) is 2.67. The number of amides is 1. The van der Waals surface area contributed by atoms with E-state index in [9.17, 15) is 13.6 Å². The highest BCUT2D eigenvalue weighted by molar-refractivity contribution is 6.35. The molecule has 28 heavy (non-hydrogen) atoms. The molecule has 0 radical (unpaired) electrons. The highest BCUT2D eigenvalue weighted by Crippen LogP contribution is 2.36. The Hall–Kier alpha value is -1.99. The lowest BCUT2D eigenvalue weighted by molar-refractivity contribution is -0.0452. The molecule has 0 atom stereocenters. The number of rotatable bonds is 7. The Labute approximate surface area is 167 Å². The molecule has 0 spiro atoms. The zero-order valence-electron chi connectivity index (χ0n) is 15.5. The molecule has 1 aromatic carbocycles. The highest BCUT2D eigenvalue weighted by Gasteiger charge is 2.34. The van der Waals surface area contributed by atoms with Crippen molar-refractivity contribution in [1.29, 1.82) is 0 Å². The number of nitrogens with zero attached hydrogens (tertiary/aromatic N) is 1. The lowest BCUT2D eigenvalue weighted by Gasteiger charge is -2.28. The van der Waals surface area contributed by atoms with E-state index in [-0.39, 0.29) is 31.3 Å². The molecule has 5 nitrogen and oxygen atoms in total. The number of pyridine rings is 1. The molecule has 0 aliphatic heterocycles. The minimum atomic E-state index is -2.58. The Kier molecular flexibility index (Phi) is 6.67. The standard InChI is InChI=1S/C20H24ClF2N3O2/c21-15-3-4-16-14(2-5-17(26-16)24-10-1-11-27)18(15)19(28)25-12-13-6-8-20(22,23)9-7-13/h2-5,13,27H,1,6-12H2,(H,24,26)(H,25,28). The number of halogens is 3. The molecular formula is C20H24ClF2N3O2. The number of benzene rings is 1. The topological polar surface area (TPSA) is 74.2 Å². The van der Waals surface area contributed by atoms with Crippen molar-refractivity contribution < 1.29 is 18.7 Å². The third-order valence-electron chi connectivity index (χ3n) is 5.08. The maximum Gasteiger partial charge on any atom is 0.253 e. The Morgan fingerprint density at radius 2 is 2.00 bits per heavy atom. The van der Waals surface area contributed by atoms with Gasteiger partial charge in [0.15, 0.2) is 0 Å². The number of fused-ring (bicyclic) bond motifs is 1. The van der Waals surface area contributed by atoms with Gasteiger partial charge in [-0.3, -0.25) is 4.79 Å². The van der Waals surface area contributed by atoms with Crippen molar-refractivity contribution >= 4 is 34.2 Å². The van der Waals surface area contributed by atoms with Gasteiger partial charge in [-0.1, -0.05) is 11.6 Å². The van der Waals surface area contributed by atoms with Crippen molar-refractivity contribution in [3.8, 4) is 0 Å². The van der Waals surface area contributed by atoms with E-state index < -0.39 is 5.92 Å². The number of hydrogen-bond acceptors (Lipinski definition) is 4. The van der Waals surface area contributed by atoms with Crippen LogP contribution in [0, 0.1) is 5.92 Å². The van der Waals surface area contributed by atoms with Crippen LogP contribution in [0.25, 0.3) is 10.9 Å². The molecule has 0 unspecified atom stereocenters. The van der Waals surface area contributed by atoms with E-state index in [0.29, 0.717) is 59.7 Å². The van der Waals surface area contributed by atoms with Crippen molar-refractivity contribution in [3.05, 3.63) is 34.9 Å². The van der Waals surface area contributed by atoms with Gasteiger partial charge in [0.2, 0.25) is 5.92 Å². The predicted octanol–water partition coefficient (Wildman–Crippen LogP) is 4.24. The lowest BCUT2D eigenvalue weighted by atomic mass is 9.87. The molecule has 3 N–H and O–H groups in total. The number of aliphatic hydroxyl groups is 1. The van der Waals surface area contributed by atoms with Gasteiger partial charge in [0.05, 0.1) is 16.1 Å². The normalized spacial score (nSPS) is 16.9. The number of alkyl halides is 2. The molecule has 152 valence electrons. The van der Waals surface area contributed by atoms with Gasteiger partial charge < -0.3 is 15.7 Å². The second-order valence-electron chi connectivity index (χ2n) is 7.20. The lowest BCUT2D eigenvalue weighted by Crippen LogP contribution is -2.34. The number of hydrogen-bond donors (Lipinski definition) is 3. The summed E-state index contributed by atoms with van der Waals surface area (Å²) in [4.78, 5) is 17.2. The fraction of sp³-hybridized carbons (Fsp3) is 0.500. The number of carbonyl (C=O) groups excluding carboxylic acids is 1. The second kappa shape index (κ2) is 9.01. The van der Waals surface area contributed by atoms with Gasteiger partial charge in [-0.15, -0.1) is 0 Å². The van der Waals surface area contributed by atoms with Crippen LogP contribution in [0.2, 0.25) is 5.02 Å². The van der Waals surface area contributed by atoms with Crippen LogP contribution in [-0.2, 0) is 0 Å². The molecule has 1 aliphatic rings. The molecule has 3 rings (SSSR count). The van der Waals surface area contributed by atoms with Crippen molar-refractivity contribution in [2.24, 2.45) is 5.92 Å². The third kappa shape index (κ3) is 5.08. The summed E-state index contributed by atoms with van der Waals surface area (Å²) in [6.07, 6.45) is 1.17. The van der Waals surface area contributed by atoms with Gasteiger partial charge in [0, 0.05) is 37.9 Å². The molecule has 2 aromatic rings. The zero-order valence-corrected chi connectivity index (χ0v) is 16.2. The Bertz CT molecular complexity index is 838. The van der Waals surface area contributed by atoms with Crippen LogP contribution < -0.4 is 10.6 Å². The SMILES string of the molecule is O=C(NCC1CCC(F)(F)CC1)c1c(Cl)ccc2nc(NCCCO)ccc12. The molecule has 1 amide bonds. The first-order chi connectivity index (χ1) is 13.4. The van der Waals surface area contributed by atoms with E-state index in [0.717, 1.165) is 0 Å². The monoisotopic (exact) mass is 411 g/mol. The molecule has 1 fully saturated rings. The number of carbonyl (C=O) groups is 1. The third-order valence-corrected chi connectivity index (χ3v) is 5.39. The predicted molar refractivity (Wildman–Crippen MR) is 106 cm³/mol. The molecule has 8 heteroatoms. The quantitative estimate of drug-likeness (QED) is 0.596. The number of anilines is 1. The molecule has 1 aromatic heterocycles. The smallest absolute Gasteiger partial charge is 0.253 e. The fourth-order valence-corrected chi connectivity index (χ4v) is 3.68. The maximum atomic E-state index is 13.3. The van der Waals surface area contributed by atoms with Gasteiger partial charge >= 0.3 is 0 Å². The van der Waals surface area contributed by atoms with E-state index in [2.05, 4.69) is 15.6 Å². The van der Waals surface area contributed by atoms with E-state index in [1.54, 1.807) is 24.3 Å². The summed E-state index contributed by atoms with van der Waals surface area (Å²) in [5.41, 5.74) is 0.968. The Morgan fingerprint density at radius 3 is 2.71 bits per heavy atom. The van der Waals surface area contributed by atoms with Crippen LogP contribution in [-0.4, -0.2) is 41.6 Å². The summed E-state index contributed by atoms with van der Waals surface area (Å²) in [5.74, 6) is -2.19. The van der Waals surface area contributed by atoms with Crippen molar-refractivity contribution in [2.45, 2.75) is 38.0 Å². The van der Waals surface area contributed by atoms with Crippen LogP contribution in [0.15, 0.2) is 24.3 Å². The molecule has 1 saturated carbocycles. The summed E-state index contributed by atoms with van der Waals surface area (Å²) in [5, 5.41) is 15.8. The summed E-state index contributed by atoms with van der Waals surface area (Å²) in [6, 6.07) is 6.92. The van der Waals surface area contributed by atoms with Gasteiger partial charge in [-0.05, 0) is 49.4 Å². The maximum absolute atomic E-state index is 13.3. The number of aromatic nitrogens is 1. The van der Waals surface area contributed by atoms with Gasteiger partial charge in [0.25, 0.3) is 5.91 Å². The summed E-state index contributed by atoms with van der Waals surface area (Å²) in [6.45, 7) is 1.05.